The number of nitrogens with one attached hydrogen (secondary N) is 1. The molecule has 0 radical (unpaired) electrons. The van der Waals surface area contributed by atoms with Crippen molar-refractivity contribution >= 4 is 33.4 Å². The number of rotatable bonds is 4. The summed E-state index contributed by atoms with van der Waals surface area (Å²) in [6.45, 7) is 0.0999. The van der Waals surface area contributed by atoms with E-state index in [9.17, 15) is 9.18 Å². The maximum atomic E-state index is 13.1. The summed E-state index contributed by atoms with van der Waals surface area (Å²) < 4.78 is 18.8. The number of hydrogen-bond acceptors (Lipinski definition) is 3. The number of hydrogen-bond donors (Lipinski definition) is 2. The summed E-state index contributed by atoms with van der Waals surface area (Å²) in [6, 6.07) is 2.53. The highest BCUT2D eigenvalue weighted by molar-refractivity contribution is 9.10. The highest BCUT2D eigenvalue weighted by Gasteiger charge is 2.08. The zero-order valence-electron chi connectivity index (χ0n) is 8.10. The maximum absolute atomic E-state index is 13.1. The normalized spacial score (nSPS) is 10.0. The third kappa shape index (κ3) is 3.62. The number of hydrazine groups is 1. The Bertz CT molecular complexity index is 403. The van der Waals surface area contributed by atoms with Gasteiger partial charge < -0.3 is 4.74 Å². The SMILES string of the molecule is NNC(=O)CCOc1cc(F)c(Cl)cc1Br. The molecule has 0 aliphatic carbocycles. The van der Waals surface area contributed by atoms with Gasteiger partial charge in [-0.15, -0.1) is 0 Å². The minimum atomic E-state index is -0.580. The van der Waals surface area contributed by atoms with Crippen LogP contribution in [0.3, 0.4) is 0 Å². The minimum Gasteiger partial charge on any atom is -0.492 e. The molecule has 0 saturated heterocycles. The molecule has 0 aliphatic rings. The van der Waals surface area contributed by atoms with E-state index in [1.54, 1.807) is 0 Å². The lowest BCUT2D eigenvalue weighted by Gasteiger charge is -2.08. The number of carbonyl (C=O) groups is 1. The Morgan fingerprint density at radius 1 is 1.62 bits per heavy atom. The van der Waals surface area contributed by atoms with Crippen LogP contribution in [0.2, 0.25) is 5.02 Å². The van der Waals surface area contributed by atoms with Gasteiger partial charge in [-0.05, 0) is 22.0 Å². The van der Waals surface area contributed by atoms with Crippen LogP contribution in [-0.4, -0.2) is 12.5 Å². The van der Waals surface area contributed by atoms with Crippen LogP contribution in [0.4, 0.5) is 4.39 Å². The van der Waals surface area contributed by atoms with Gasteiger partial charge in [0.2, 0.25) is 5.91 Å². The second kappa shape index (κ2) is 6.03. The molecule has 1 aromatic carbocycles. The largest absolute Gasteiger partial charge is 0.492 e. The lowest BCUT2D eigenvalue weighted by molar-refractivity contribution is -0.121. The molecular weight excluding hydrogens is 302 g/mol. The quantitative estimate of drug-likeness (QED) is 0.387. The summed E-state index contributed by atoms with van der Waals surface area (Å²) in [5, 5.41) is -0.000994. The summed E-state index contributed by atoms with van der Waals surface area (Å²) in [4.78, 5) is 10.8. The van der Waals surface area contributed by atoms with E-state index < -0.39 is 5.82 Å². The molecule has 7 heteroatoms. The van der Waals surface area contributed by atoms with Crippen molar-refractivity contribution in [3.05, 3.63) is 27.4 Å². The molecule has 0 spiro atoms. The van der Waals surface area contributed by atoms with Crippen LogP contribution in [-0.2, 0) is 4.79 Å². The molecule has 3 N–H and O–H groups in total. The third-order valence-corrected chi connectivity index (χ3v) is 2.63. The van der Waals surface area contributed by atoms with Gasteiger partial charge >= 0.3 is 0 Å². The summed E-state index contributed by atoms with van der Waals surface area (Å²) in [5.74, 6) is 4.23. The van der Waals surface area contributed by atoms with Gasteiger partial charge in [0.25, 0.3) is 0 Å². The summed E-state index contributed by atoms with van der Waals surface area (Å²) in [5.41, 5.74) is 1.96. The minimum absolute atomic E-state index is 0.000994. The number of benzene rings is 1. The highest BCUT2D eigenvalue weighted by Crippen LogP contribution is 2.30. The van der Waals surface area contributed by atoms with Crippen molar-refractivity contribution in [1.82, 2.24) is 5.43 Å². The van der Waals surface area contributed by atoms with Crippen LogP contribution in [0.5, 0.6) is 5.75 Å². The molecule has 1 aromatic rings. The number of ether oxygens (including phenoxy) is 1. The molecule has 0 atom stereocenters. The summed E-state index contributed by atoms with van der Waals surface area (Å²) >= 11 is 8.72. The lowest BCUT2D eigenvalue weighted by Crippen LogP contribution is -2.31. The fraction of sp³-hybridized carbons (Fsp3) is 0.222. The molecular formula is C9H9BrClFN2O2. The first-order chi connectivity index (χ1) is 7.54. The smallest absolute Gasteiger partial charge is 0.237 e. The van der Waals surface area contributed by atoms with Crippen molar-refractivity contribution in [1.29, 1.82) is 0 Å². The molecule has 16 heavy (non-hydrogen) atoms. The number of amides is 1. The van der Waals surface area contributed by atoms with Crippen molar-refractivity contribution < 1.29 is 13.9 Å². The Balaban J connectivity index is 2.60. The van der Waals surface area contributed by atoms with E-state index >= 15 is 0 Å². The molecule has 0 aromatic heterocycles. The van der Waals surface area contributed by atoms with Crippen LogP contribution in [0, 0.1) is 5.82 Å². The van der Waals surface area contributed by atoms with E-state index in [2.05, 4.69) is 15.9 Å². The predicted molar refractivity (Wildman–Crippen MR) is 61.6 cm³/mol. The van der Waals surface area contributed by atoms with Gasteiger partial charge in [-0.25, -0.2) is 10.2 Å². The fourth-order valence-electron chi connectivity index (χ4n) is 0.941. The van der Waals surface area contributed by atoms with Crippen molar-refractivity contribution in [3.63, 3.8) is 0 Å². The van der Waals surface area contributed by atoms with E-state index in [0.717, 1.165) is 6.07 Å². The zero-order valence-corrected chi connectivity index (χ0v) is 10.4. The molecule has 1 rings (SSSR count). The van der Waals surface area contributed by atoms with Crippen LogP contribution >= 0.6 is 27.5 Å². The van der Waals surface area contributed by atoms with Crippen LogP contribution in [0.15, 0.2) is 16.6 Å². The Morgan fingerprint density at radius 2 is 2.31 bits per heavy atom. The fourth-order valence-corrected chi connectivity index (χ4v) is 1.69. The van der Waals surface area contributed by atoms with Crippen molar-refractivity contribution in [3.8, 4) is 5.75 Å². The molecule has 1 amide bonds. The van der Waals surface area contributed by atoms with E-state index in [4.69, 9.17) is 22.2 Å². The van der Waals surface area contributed by atoms with Gasteiger partial charge in [-0.2, -0.15) is 0 Å². The Labute approximate surface area is 105 Å². The average Bonchev–Trinajstić information content (AvgIpc) is 2.25. The standard InChI is InChI=1S/C9H9BrClFN2O2/c10-5-3-6(11)7(12)4-8(5)16-2-1-9(15)14-13/h3-4H,1-2,13H2,(H,14,15). The monoisotopic (exact) mass is 310 g/mol. The third-order valence-electron chi connectivity index (χ3n) is 1.72. The topological polar surface area (TPSA) is 64.3 Å². The Morgan fingerprint density at radius 3 is 2.94 bits per heavy atom. The second-order valence-corrected chi connectivity index (χ2v) is 4.12. The Kier molecular flexibility index (Phi) is 4.98. The summed E-state index contributed by atoms with van der Waals surface area (Å²) in [7, 11) is 0. The van der Waals surface area contributed by atoms with E-state index in [-0.39, 0.29) is 29.7 Å². The molecule has 4 nitrogen and oxygen atoms in total. The molecule has 0 aliphatic heterocycles. The summed E-state index contributed by atoms with van der Waals surface area (Å²) in [6.07, 6.45) is 0.0905. The van der Waals surface area contributed by atoms with Gasteiger partial charge in [0, 0.05) is 6.07 Å². The molecule has 0 fully saturated rings. The molecule has 88 valence electrons. The van der Waals surface area contributed by atoms with Crippen molar-refractivity contribution in [2.24, 2.45) is 5.84 Å². The van der Waals surface area contributed by atoms with Gasteiger partial charge in [0.1, 0.15) is 11.6 Å². The first kappa shape index (κ1) is 13.2. The van der Waals surface area contributed by atoms with Crippen LogP contribution in [0.25, 0.3) is 0 Å². The van der Waals surface area contributed by atoms with Crippen LogP contribution < -0.4 is 16.0 Å². The van der Waals surface area contributed by atoms with E-state index in [0.29, 0.717) is 4.47 Å². The molecule has 0 unspecified atom stereocenters. The zero-order chi connectivity index (χ0) is 12.1. The van der Waals surface area contributed by atoms with Gasteiger partial charge in [0.15, 0.2) is 0 Å². The van der Waals surface area contributed by atoms with E-state index in [1.165, 1.54) is 6.07 Å². The van der Waals surface area contributed by atoms with Crippen LogP contribution in [0.1, 0.15) is 6.42 Å². The van der Waals surface area contributed by atoms with E-state index in [1.807, 2.05) is 5.43 Å². The first-order valence-corrected chi connectivity index (χ1v) is 5.48. The number of halogens is 3. The Hall–Kier alpha value is -0.850. The van der Waals surface area contributed by atoms with Crippen molar-refractivity contribution in [2.75, 3.05) is 6.61 Å². The maximum Gasteiger partial charge on any atom is 0.237 e. The second-order valence-electron chi connectivity index (χ2n) is 2.86. The number of nitrogens with two attached hydrogens (primary N) is 1. The highest BCUT2D eigenvalue weighted by atomic mass is 79.9. The van der Waals surface area contributed by atoms with Gasteiger partial charge in [0.05, 0.1) is 22.5 Å². The molecule has 0 heterocycles. The number of carbonyl (C=O) groups excluding carboxylic acids is 1. The predicted octanol–water partition coefficient (Wildman–Crippen LogP) is 2.00. The van der Waals surface area contributed by atoms with Gasteiger partial charge in [-0.3, -0.25) is 10.2 Å². The first-order valence-electron chi connectivity index (χ1n) is 4.31. The lowest BCUT2D eigenvalue weighted by atomic mass is 10.3. The van der Waals surface area contributed by atoms with Gasteiger partial charge in [-0.1, -0.05) is 11.6 Å². The average molecular weight is 312 g/mol. The molecule has 0 bridgehead atoms. The van der Waals surface area contributed by atoms with Crippen molar-refractivity contribution in [2.45, 2.75) is 6.42 Å². The molecule has 0 saturated carbocycles.